The molecule has 0 saturated carbocycles. The van der Waals surface area contributed by atoms with Gasteiger partial charge in [-0.05, 0) is 42.5 Å². The van der Waals surface area contributed by atoms with Crippen molar-refractivity contribution < 1.29 is 17.9 Å². The molecule has 0 radical (unpaired) electrons. The Kier molecular flexibility index (Phi) is 5.46. The molecule has 0 atom stereocenters. The van der Waals surface area contributed by atoms with Gasteiger partial charge < -0.3 is 21.1 Å². The molecule has 28 heavy (non-hydrogen) atoms. The molecule has 10 heteroatoms. The lowest BCUT2D eigenvalue weighted by Crippen LogP contribution is -2.08. The van der Waals surface area contributed by atoms with Crippen LogP contribution in [0.1, 0.15) is 5.56 Å². The summed E-state index contributed by atoms with van der Waals surface area (Å²) in [5, 5.41) is 5.84. The fourth-order valence-electron chi connectivity index (χ4n) is 2.33. The van der Waals surface area contributed by atoms with Crippen LogP contribution < -0.4 is 21.1 Å². The van der Waals surface area contributed by atoms with Crippen LogP contribution in [-0.2, 0) is 6.18 Å². The number of benzene rings is 2. The van der Waals surface area contributed by atoms with Gasteiger partial charge in [0.2, 0.25) is 0 Å². The summed E-state index contributed by atoms with van der Waals surface area (Å²) in [6, 6.07) is 9.96. The van der Waals surface area contributed by atoms with Gasteiger partial charge in [0.05, 0.1) is 23.4 Å². The summed E-state index contributed by atoms with van der Waals surface area (Å²) >= 11 is 6.01. The van der Waals surface area contributed by atoms with Crippen molar-refractivity contribution in [2.45, 2.75) is 6.18 Å². The van der Waals surface area contributed by atoms with E-state index in [0.29, 0.717) is 11.4 Å². The second-order valence-electron chi connectivity index (χ2n) is 5.66. The maximum atomic E-state index is 12.9. The average molecular weight is 410 g/mol. The van der Waals surface area contributed by atoms with Gasteiger partial charge in [-0.15, -0.1) is 0 Å². The quantitative estimate of drug-likeness (QED) is 0.535. The lowest BCUT2D eigenvalue weighted by atomic mass is 10.2. The second kappa shape index (κ2) is 7.81. The van der Waals surface area contributed by atoms with E-state index in [0.717, 1.165) is 18.2 Å². The maximum absolute atomic E-state index is 12.9. The fraction of sp³-hybridized carbons (Fsp3) is 0.111. The van der Waals surface area contributed by atoms with Crippen LogP contribution in [0, 0.1) is 0 Å². The number of methoxy groups -OCH3 is 1. The summed E-state index contributed by atoms with van der Waals surface area (Å²) in [6.07, 6.45) is -3.27. The molecule has 6 nitrogen and oxygen atoms in total. The first-order valence-electron chi connectivity index (χ1n) is 7.93. The molecule has 0 amide bonds. The fourth-order valence-corrected chi connectivity index (χ4v) is 2.50. The van der Waals surface area contributed by atoms with Crippen molar-refractivity contribution in [3.05, 3.63) is 59.4 Å². The number of nitrogens with one attached hydrogen (secondary N) is 2. The highest BCUT2D eigenvalue weighted by Gasteiger charge is 2.31. The van der Waals surface area contributed by atoms with Crippen LogP contribution in [0.5, 0.6) is 5.75 Å². The van der Waals surface area contributed by atoms with E-state index in [9.17, 15) is 13.2 Å². The van der Waals surface area contributed by atoms with Crippen molar-refractivity contribution >= 4 is 40.3 Å². The van der Waals surface area contributed by atoms with Gasteiger partial charge in [-0.3, -0.25) is 0 Å². The second-order valence-corrected chi connectivity index (χ2v) is 6.06. The van der Waals surface area contributed by atoms with Crippen LogP contribution in [-0.4, -0.2) is 17.1 Å². The molecule has 0 spiro atoms. The number of rotatable bonds is 5. The first-order chi connectivity index (χ1) is 13.3. The molecule has 0 aliphatic heterocycles. The predicted octanol–water partition coefficient (Wildman–Crippen LogP) is 5.23. The van der Waals surface area contributed by atoms with E-state index in [-0.39, 0.29) is 28.0 Å². The molecule has 4 N–H and O–H groups in total. The van der Waals surface area contributed by atoms with E-state index < -0.39 is 11.7 Å². The molecule has 3 rings (SSSR count). The molecule has 146 valence electrons. The van der Waals surface area contributed by atoms with Gasteiger partial charge in [-0.25, -0.2) is 9.97 Å². The number of ether oxygens (including phenoxy) is 1. The van der Waals surface area contributed by atoms with E-state index in [2.05, 4.69) is 20.6 Å². The molecule has 0 unspecified atom stereocenters. The van der Waals surface area contributed by atoms with E-state index >= 15 is 0 Å². The molecule has 2 aromatic carbocycles. The largest absolute Gasteiger partial charge is 0.497 e. The third-order valence-electron chi connectivity index (χ3n) is 3.78. The highest BCUT2D eigenvalue weighted by Crippen LogP contribution is 2.36. The summed E-state index contributed by atoms with van der Waals surface area (Å²) < 4.78 is 43.9. The van der Waals surface area contributed by atoms with Crippen LogP contribution in [0.25, 0.3) is 0 Å². The van der Waals surface area contributed by atoms with E-state index in [1.165, 1.54) is 6.33 Å². The zero-order valence-corrected chi connectivity index (χ0v) is 15.3. The van der Waals surface area contributed by atoms with Crippen LogP contribution in [0.2, 0.25) is 5.02 Å². The lowest BCUT2D eigenvalue weighted by molar-refractivity contribution is -0.137. The number of nitrogens with two attached hydrogens (primary N) is 1. The Morgan fingerprint density at radius 3 is 2.25 bits per heavy atom. The minimum absolute atomic E-state index is 0.0253. The van der Waals surface area contributed by atoms with Gasteiger partial charge in [0.15, 0.2) is 11.6 Å². The molecule has 0 bridgehead atoms. The Balaban J connectivity index is 1.87. The molecule has 3 aromatic rings. The zero-order chi connectivity index (χ0) is 20.3. The smallest absolute Gasteiger partial charge is 0.416 e. The zero-order valence-electron chi connectivity index (χ0n) is 14.5. The number of hydrogen-bond donors (Lipinski definition) is 3. The number of nitrogen functional groups attached to an aromatic ring is 1. The van der Waals surface area contributed by atoms with Gasteiger partial charge in [0.1, 0.15) is 17.8 Å². The molecule has 0 aliphatic carbocycles. The molecule has 0 aliphatic rings. The average Bonchev–Trinajstić information content (AvgIpc) is 2.66. The summed E-state index contributed by atoms with van der Waals surface area (Å²) in [7, 11) is 1.56. The van der Waals surface area contributed by atoms with E-state index in [4.69, 9.17) is 22.1 Å². The summed E-state index contributed by atoms with van der Waals surface area (Å²) in [6.45, 7) is 0. The summed E-state index contributed by atoms with van der Waals surface area (Å²) in [5.41, 5.74) is 6.06. The number of aromatic nitrogens is 2. The number of alkyl halides is 3. The highest BCUT2D eigenvalue weighted by molar-refractivity contribution is 6.33. The first-order valence-corrected chi connectivity index (χ1v) is 8.31. The van der Waals surface area contributed by atoms with Gasteiger partial charge in [0.25, 0.3) is 0 Å². The summed E-state index contributed by atoms with van der Waals surface area (Å²) in [5.74, 6) is 1.08. The molecule has 1 heterocycles. The minimum atomic E-state index is -4.50. The van der Waals surface area contributed by atoms with Gasteiger partial charge >= 0.3 is 6.18 Å². The Morgan fingerprint density at radius 1 is 1.00 bits per heavy atom. The Morgan fingerprint density at radius 2 is 1.64 bits per heavy atom. The van der Waals surface area contributed by atoms with Crippen LogP contribution in [0.15, 0.2) is 48.8 Å². The minimum Gasteiger partial charge on any atom is -0.497 e. The first kappa shape index (κ1) is 19.6. The van der Waals surface area contributed by atoms with Crippen LogP contribution >= 0.6 is 11.6 Å². The standard InChI is InChI=1S/C18H15ClF3N5O/c1-28-12-5-3-11(4-6-12)26-16-15(23)17(25-9-24-16)27-14-8-10(18(20,21)22)2-7-13(14)19/h2-9H,23H2,1H3,(H2,24,25,26,27). The maximum Gasteiger partial charge on any atom is 0.416 e. The Labute approximate surface area is 163 Å². The normalized spacial score (nSPS) is 11.2. The number of anilines is 5. The SMILES string of the molecule is COc1ccc(Nc2ncnc(Nc3cc(C(F)(F)F)ccc3Cl)c2N)cc1. The van der Waals surface area contributed by atoms with Gasteiger partial charge in [-0.2, -0.15) is 13.2 Å². The number of nitrogens with zero attached hydrogens (tertiary/aromatic N) is 2. The number of halogens is 4. The topological polar surface area (TPSA) is 85.1 Å². The molecule has 0 fully saturated rings. The van der Waals surface area contributed by atoms with Crippen molar-refractivity contribution in [1.82, 2.24) is 9.97 Å². The Hall–Kier alpha value is -3.20. The van der Waals surface area contributed by atoms with Crippen molar-refractivity contribution in [1.29, 1.82) is 0 Å². The molecular formula is C18H15ClF3N5O. The summed E-state index contributed by atoms with van der Waals surface area (Å²) in [4.78, 5) is 8.06. The predicted molar refractivity (Wildman–Crippen MR) is 102 cm³/mol. The monoisotopic (exact) mass is 409 g/mol. The lowest BCUT2D eigenvalue weighted by Gasteiger charge is -2.15. The third kappa shape index (κ3) is 4.37. The van der Waals surface area contributed by atoms with E-state index in [1.54, 1.807) is 31.4 Å². The molecular weight excluding hydrogens is 395 g/mol. The van der Waals surface area contributed by atoms with Crippen LogP contribution in [0.4, 0.5) is 41.9 Å². The van der Waals surface area contributed by atoms with Crippen molar-refractivity contribution in [3.8, 4) is 5.75 Å². The van der Waals surface area contributed by atoms with Crippen LogP contribution in [0.3, 0.4) is 0 Å². The Bertz CT molecular complexity index is 980. The number of hydrogen-bond acceptors (Lipinski definition) is 6. The van der Waals surface area contributed by atoms with E-state index in [1.807, 2.05) is 0 Å². The molecule has 1 aromatic heterocycles. The van der Waals surface area contributed by atoms with Crippen molar-refractivity contribution in [3.63, 3.8) is 0 Å². The van der Waals surface area contributed by atoms with Crippen molar-refractivity contribution in [2.75, 3.05) is 23.5 Å². The van der Waals surface area contributed by atoms with Gasteiger partial charge in [0, 0.05) is 5.69 Å². The molecule has 0 saturated heterocycles. The van der Waals surface area contributed by atoms with Gasteiger partial charge in [-0.1, -0.05) is 11.6 Å². The highest BCUT2D eigenvalue weighted by atomic mass is 35.5. The van der Waals surface area contributed by atoms with Crippen molar-refractivity contribution in [2.24, 2.45) is 0 Å². The third-order valence-corrected chi connectivity index (χ3v) is 4.11.